The molecule has 4 nitrogen and oxygen atoms in total. The summed E-state index contributed by atoms with van der Waals surface area (Å²) >= 11 is 3.27. The monoisotopic (exact) mass is 307 g/mol. The Morgan fingerprint density at radius 1 is 1.38 bits per heavy atom. The number of halogens is 1. The molecule has 16 heavy (non-hydrogen) atoms. The van der Waals surface area contributed by atoms with E-state index in [2.05, 4.69) is 15.9 Å². The molecule has 0 aromatic heterocycles. The maximum Gasteiger partial charge on any atom is 0.156 e. The summed E-state index contributed by atoms with van der Waals surface area (Å²) in [6.07, 6.45) is 0. The molecular formula is C10H14BrNO3S. The Morgan fingerprint density at radius 2 is 2.06 bits per heavy atom. The van der Waals surface area contributed by atoms with E-state index in [0.29, 0.717) is 11.3 Å². The molecule has 0 atom stereocenters. The first-order valence-corrected chi connectivity index (χ1v) is 7.29. The zero-order valence-electron chi connectivity index (χ0n) is 8.94. The molecule has 0 aliphatic rings. The normalized spacial score (nSPS) is 11.6. The van der Waals surface area contributed by atoms with E-state index < -0.39 is 9.84 Å². The summed E-state index contributed by atoms with van der Waals surface area (Å²) in [6.45, 7) is 0.214. The van der Waals surface area contributed by atoms with Gasteiger partial charge in [-0.3, -0.25) is 0 Å². The van der Waals surface area contributed by atoms with E-state index in [0.717, 1.165) is 4.47 Å². The highest BCUT2D eigenvalue weighted by Gasteiger charge is 2.12. The average molecular weight is 308 g/mol. The van der Waals surface area contributed by atoms with Crippen molar-refractivity contribution in [2.45, 2.75) is 5.75 Å². The van der Waals surface area contributed by atoms with Crippen LogP contribution in [0.1, 0.15) is 5.56 Å². The van der Waals surface area contributed by atoms with Crippen LogP contribution < -0.4 is 5.73 Å². The Kier molecular flexibility index (Phi) is 4.76. The molecule has 0 saturated heterocycles. The Bertz CT molecular complexity index is 439. The second-order valence-corrected chi connectivity index (χ2v) is 6.58. The van der Waals surface area contributed by atoms with Gasteiger partial charge in [0.05, 0.1) is 18.1 Å². The third-order valence-corrected chi connectivity index (χ3v) is 3.98. The van der Waals surface area contributed by atoms with E-state index in [-0.39, 0.29) is 18.1 Å². The first-order valence-electron chi connectivity index (χ1n) is 4.67. The number of hydrogen-bond acceptors (Lipinski definition) is 4. The van der Waals surface area contributed by atoms with Crippen LogP contribution in [0.2, 0.25) is 0 Å². The van der Waals surface area contributed by atoms with Gasteiger partial charge < -0.3 is 10.5 Å². The van der Waals surface area contributed by atoms with Gasteiger partial charge in [0.1, 0.15) is 0 Å². The zero-order chi connectivity index (χ0) is 12.2. The summed E-state index contributed by atoms with van der Waals surface area (Å²) in [5.74, 6) is 0.00984. The first kappa shape index (κ1) is 13.5. The molecule has 0 aliphatic heterocycles. The van der Waals surface area contributed by atoms with E-state index in [4.69, 9.17) is 10.5 Å². The van der Waals surface area contributed by atoms with Gasteiger partial charge in [0.25, 0.3) is 0 Å². The third kappa shape index (κ3) is 4.51. The van der Waals surface area contributed by atoms with Crippen LogP contribution in [-0.4, -0.2) is 27.9 Å². The fourth-order valence-corrected chi connectivity index (χ4v) is 3.09. The van der Waals surface area contributed by atoms with Crippen LogP contribution >= 0.6 is 15.9 Å². The molecule has 0 heterocycles. The molecule has 0 bridgehead atoms. The highest BCUT2D eigenvalue weighted by molar-refractivity contribution is 9.10. The summed E-state index contributed by atoms with van der Waals surface area (Å²) in [7, 11) is -1.65. The molecule has 0 aliphatic carbocycles. The van der Waals surface area contributed by atoms with Gasteiger partial charge in [-0.15, -0.1) is 0 Å². The smallest absolute Gasteiger partial charge is 0.156 e. The van der Waals surface area contributed by atoms with Crippen molar-refractivity contribution in [3.63, 3.8) is 0 Å². The largest absolute Gasteiger partial charge is 0.399 e. The van der Waals surface area contributed by atoms with Gasteiger partial charge in [-0.05, 0) is 23.8 Å². The van der Waals surface area contributed by atoms with Gasteiger partial charge in [-0.2, -0.15) is 0 Å². The number of ether oxygens (including phenoxy) is 1. The fraction of sp³-hybridized carbons (Fsp3) is 0.400. The van der Waals surface area contributed by atoms with Crippen LogP contribution in [0.5, 0.6) is 0 Å². The number of methoxy groups -OCH3 is 1. The van der Waals surface area contributed by atoms with E-state index in [1.54, 1.807) is 18.2 Å². The number of nitrogens with two attached hydrogens (primary N) is 1. The number of hydrogen-bond donors (Lipinski definition) is 1. The molecule has 6 heteroatoms. The maximum atomic E-state index is 11.6. The van der Waals surface area contributed by atoms with E-state index in [9.17, 15) is 8.42 Å². The maximum absolute atomic E-state index is 11.6. The van der Waals surface area contributed by atoms with Crippen molar-refractivity contribution >= 4 is 31.5 Å². The van der Waals surface area contributed by atoms with Crippen LogP contribution in [0.4, 0.5) is 5.69 Å². The van der Waals surface area contributed by atoms with E-state index in [1.165, 1.54) is 7.11 Å². The molecular weight excluding hydrogens is 294 g/mol. The van der Waals surface area contributed by atoms with E-state index >= 15 is 0 Å². The number of anilines is 1. The molecule has 1 rings (SSSR count). The Morgan fingerprint density at radius 3 is 2.62 bits per heavy atom. The van der Waals surface area contributed by atoms with Gasteiger partial charge in [-0.1, -0.05) is 15.9 Å². The molecule has 0 radical (unpaired) electrons. The second kappa shape index (κ2) is 5.65. The summed E-state index contributed by atoms with van der Waals surface area (Å²) < 4.78 is 28.8. The molecule has 0 saturated carbocycles. The van der Waals surface area contributed by atoms with Gasteiger partial charge in [0, 0.05) is 17.3 Å². The first-order chi connectivity index (χ1) is 7.43. The molecule has 1 aromatic carbocycles. The quantitative estimate of drug-likeness (QED) is 0.839. The van der Waals surface area contributed by atoms with Crippen LogP contribution in [0.25, 0.3) is 0 Å². The summed E-state index contributed by atoms with van der Waals surface area (Å²) in [4.78, 5) is 0. The fourth-order valence-electron chi connectivity index (χ4n) is 1.30. The standard InChI is InChI=1S/C10H14BrNO3S/c1-15-2-3-16(13,14)7-8-4-9(11)6-10(12)5-8/h4-6H,2-3,7,12H2,1H3. The van der Waals surface area contributed by atoms with Gasteiger partial charge >= 0.3 is 0 Å². The SMILES string of the molecule is COCCS(=O)(=O)Cc1cc(N)cc(Br)c1. The lowest BCUT2D eigenvalue weighted by molar-refractivity contribution is 0.217. The molecule has 90 valence electrons. The molecule has 0 fully saturated rings. The molecule has 0 amide bonds. The summed E-state index contributed by atoms with van der Waals surface area (Å²) in [5.41, 5.74) is 6.86. The van der Waals surface area contributed by atoms with Crippen molar-refractivity contribution in [2.75, 3.05) is 25.2 Å². The topological polar surface area (TPSA) is 69.4 Å². The van der Waals surface area contributed by atoms with Crippen molar-refractivity contribution in [1.82, 2.24) is 0 Å². The highest BCUT2D eigenvalue weighted by atomic mass is 79.9. The molecule has 1 aromatic rings. The van der Waals surface area contributed by atoms with Crippen molar-refractivity contribution in [3.05, 3.63) is 28.2 Å². The average Bonchev–Trinajstić information content (AvgIpc) is 2.12. The lowest BCUT2D eigenvalue weighted by atomic mass is 10.2. The van der Waals surface area contributed by atoms with Crippen molar-refractivity contribution in [3.8, 4) is 0 Å². The predicted octanol–water partition coefficient (Wildman–Crippen LogP) is 1.59. The summed E-state index contributed by atoms with van der Waals surface area (Å²) in [5, 5.41) is 0. The predicted molar refractivity (Wildman–Crippen MR) is 67.9 cm³/mol. The molecule has 2 N–H and O–H groups in total. The second-order valence-electron chi connectivity index (χ2n) is 3.48. The van der Waals surface area contributed by atoms with Crippen LogP contribution in [0, 0.1) is 0 Å². The third-order valence-electron chi connectivity index (χ3n) is 1.96. The van der Waals surface area contributed by atoms with Gasteiger partial charge in [0.15, 0.2) is 9.84 Å². The minimum atomic E-state index is -3.13. The van der Waals surface area contributed by atoms with Gasteiger partial charge in [-0.25, -0.2) is 8.42 Å². The summed E-state index contributed by atoms with van der Waals surface area (Å²) in [6, 6.07) is 5.14. The van der Waals surface area contributed by atoms with Crippen LogP contribution in [0.15, 0.2) is 22.7 Å². The van der Waals surface area contributed by atoms with Crippen LogP contribution in [-0.2, 0) is 20.3 Å². The number of rotatable bonds is 5. The zero-order valence-corrected chi connectivity index (χ0v) is 11.3. The van der Waals surface area contributed by atoms with Crippen molar-refractivity contribution in [2.24, 2.45) is 0 Å². The number of sulfone groups is 1. The van der Waals surface area contributed by atoms with Gasteiger partial charge in [0.2, 0.25) is 0 Å². The number of benzene rings is 1. The highest BCUT2D eigenvalue weighted by Crippen LogP contribution is 2.19. The van der Waals surface area contributed by atoms with E-state index in [1.807, 2.05) is 0 Å². The Hall–Kier alpha value is -0.590. The Labute approximate surface area is 104 Å². The van der Waals surface area contributed by atoms with Crippen molar-refractivity contribution < 1.29 is 13.2 Å². The minimum Gasteiger partial charge on any atom is -0.399 e. The number of nitrogen functional groups attached to an aromatic ring is 1. The molecule has 0 spiro atoms. The minimum absolute atomic E-state index is 0.0139. The lowest BCUT2D eigenvalue weighted by Crippen LogP contribution is -2.13. The van der Waals surface area contributed by atoms with Crippen LogP contribution in [0.3, 0.4) is 0 Å². The molecule has 0 unspecified atom stereocenters. The Balaban J connectivity index is 2.80. The van der Waals surface area contributed by atoms with Crippen molar-refractivity contribution in [1.29, 1.82) is 0 Å². The lowest BCUT2D eigenvalue weighted by Gasteiger charge is -2.05.